The van der Waals surface area contributed by atoms with Gasteiger partial charge in [0.25, 0.3) is 0 Å². The summed E-state index contributed by atoms with van der Waals surface area (Å²) in [5.41, 5.74) is 5.30. The molecule has 1 aliphatic carbocycles. The lowest BCUT2D eigenvalue weighted by Gasteiger charge is -2.35. The summed E-state index contributed by atoms with van der Waals surface area (Å²) in [7, 11) is -1.24. The average Bonchev–Trinajstić information content (AvgIpc) is 2.27. The van der Waals surface area contributed by atoms with Crippen molar-refractivity contribution < 1.29 is 14.7 Å². The lowest BCUT2D eigenvalue weighted by Crippen LogP contribution is -2.44. The highest BCUT2D eigenvalue weighted by Crippen LogP contribution is 2.28. The van der Waals surface area contributed by atoms with Crippen molar-refractivity contribution in [2.45, 2.75) is 57.4 Å². The second-order valence-electron chi connectivity index (χ2n) is 6.69. The molecule has 3 N–H and O–H groups in total. The first-order valence-electron chi connectivity index (χ1n) is 6.99. The molecule has 0 aromatic carbocycles. The number of amides is 2. The number of nitrogens with two attached hydrogens (primary N) is 1. The molecule has 2 amide bonds. The van der Waals surface area contributed by atoms with E-state index in [1.807, 2.05) is 0 Å². The van der Waals surface area contributed by atoms with Crippen molar-refractivity contribution in [3.63, 3.8) is 0 Å². The number of carboxylic acid groups (broad SMARTS) is 1. The number of carbonyl (C=O) groups excluding carboxylic acids is 1. The standard InChI is InChI=1S/C13H26N2O3Si/c1-19(2,3)9-8-15(13(17)18)11-6-4-10(5-7-11)12(14)16/h10-11H,4-9H2,1-3H3,(H2,14,16)(H,17,18)/t10-,11-. The predicted molar refractivity (Wildman–Crippen MR) is 77.8 cm³/mol. The zero-order chi connectivity index (χ0) is 14.6. The van der Waals surface area contributed by atoms with Crippen LogP contribution < -0.4 is 5.73 Å². The summed E-state index contributed by atoms with van der Waals surface area (Å²) >= 11 is 0. The van der Waals surface area contributed by atoms with E-state index < -0.39 is 14.2 Å². The van der Waals surface area contributed by atoms with Gasteiger partial charge in [0, 0.05) is 26.6 Å². The molecule has 1 aliphatic rings. The van der Waals surface area contributed by atoms with Crippen molar-refractivity contribution in [1.82, 2.24) is 4.90 Å². The average molecular weight is 286 g/mol. The van der Waals surface area contributed by atoms with Crippen LogP contribution in [0.15, 0.2) is 0 Å². The summed E-state index contributed by atoms with van der Waals surface area (Å²) in [6, 6.07) is 1.04. The molecular formula is C13H26N2O3Si. The number of hydrogen-bond donors (Lipinski definition) is 2. The van der Waals surface area contributed by atoms with Gasteiger partial charge in [-0.2, -0.15) is 0 Å². The minimum Gasteiger partial charge on any atom is -0.465 e. The highest BCUT2D eigenvalue weighted by atomic mass is 28.3. The molecule has 0 saturated heterocycles. The lowest BCUT2D eigenvalue weighted by atomic mass is 9.85. The van der Waals surface area contributed by atoms with E-state index in [1.165, 1.54) is 0 Å². The minimum absolute atomic E-state index is 0.0597. The van der Waals surface area contributed by atoms with Gasteiger partial charge in [0.2, 0.25) is 5.91 Å². The fourth-order valence-corrected chi connectivity index (χ4v) is 3.47. The zero-order valence-electron chi connectivity index (χ0n) is 12.2. The second-order valence-corrected chi connectivity index (χ2v) is 12.3. The van der Waals surface area contributed by atoms with E-state index in [2.05, 4.69) is 19.6 Å². The Hall–Kier alpha value is -1.04. The molecule has 1 saturated carbocycles. The number of primary amides is 1. The van der Waals surface area contributed by atoms with E-state index in [0.717, 1.165) is 31.7 Å². The molecular weight excluding hydrogens is 260 g/mol. The van der Waals surface area contributed by atoms with Gasteiger partial charge in [-0.05, 0) is 31.7 Å². The van der Waals surface area contributed by atoms with Crippen LogP contribution in [0.2, 0.25) is 25.7 Å². The van der Waals surface area contributed by atoms with Crippen LogP contribution in [-0.4, -0.2) is 42.7 Å². The van der Waals surface area contributed by atoms with Gasteiger partial charge in [0.1, 0.15) is 0 Å². The van der Waals surface area contributed by atoms with Crippen LogP contribution in [0.5, 0.6) is 0 Å². The Bertz CT molecular complexity index is 333. The maximum Gasteiger partial charge on any atom is 0.407 e. The molecule has 0 spiro atoms. The van der Waals surface area contributed by atoms with E-state index in [9.17, 15) is 14.7 Å². The maximum absolute atomic E-state index is 11.4. The van der Waals surface area contributed by atoms with Crippen molar-refractivity contribution in [3.8, 4) is 0 Å². The van der Waals surface area contributed by atoms with Gasteiger partial charge in [-0.1, -0.05) is 19.6 Å². The molecule has 0 unspecified atom stereocenters. The third-order valence-corrected chi connectivity index (χ3v) is 5.61. The van der Waals surface area contributed by atoms with Crippen LogP contribution in [0.25, 0.3) is 0 Å². The van der Waals surface area contributed by atoms with Crippen LogP contribution in [-0.2, 0) is 4.79 Å². The van der Waals surface area contributed by atoms with Crippen molar-refractivity contribution in [2.75, 3.05) is 6.54 Å². The SMILES string of the molecule is C[Si](C)(C)CCN(C(=O)O)[C@H]1CC[C@H](C(N)=O)CC1. The Kier molecular flexibility index (Phi) is 5.40. The molecule has 0 aromatic heterocycles. The molecule has 0 radical (unpaired) electrons. The summed E-state index contributed by atoms with van der Waals surface area (Å²) in [6.45, 7) is 7.36. The molecule has 19 heavy (non-hydrogen) atoms. The first-order valence-corrected chi connectivity index (χ1v) is 10.7. The second kappa shape index (κ2) is 6.41. The van der Waals surface area contributed by atoms with Gasteiger partial charge < -0.3 is 15.7 Å². The van der Waals surface area contributed by atoms with E-state index in [0.29, 0.717) is 6.54 Å². The number of carbonyl (C=O) groups is 2. The molecule has 6 heteroatoms. The highest BCUT2D eigenvalue weighted by Gasteiger charge is 2.31. The fourth-order valence-electron chi connectivity index (χ4n) is 2.56. The van der Waals surface area contributed by atoms with E-state index in [4.69, 9.17) is 5.73 Å². The Morgan fingerprint density at radius 1 is 1.21 bits per heavy atom. The quantitative estimate of drug-likeness (QED) is 0.761. The van der Waals surface area contributed by atoms with Gasteiger partial charge >= 0.3 is 6.09 Å². The Morgan fingerprint density at radius 3 is 2.11 bits per heavy atom. The van der Waals surface area contributed by atoms with Gasteiger partial charge in [0.15, 0.2) is 0 Å². The van der Waals surface area contributed by atoms with E-state index >= 15 is 0 Å². The van der Waals surface area contributed by atoms with Crippen LogP contribution in [0.3, 0.4) is 0 Å². The van der Waals surface area contributed by atoms with Crippen molar-refractivity contribution in [3.05, 3.63) is 0 Å². The third-order valence-electron chi connectivity index (χ3n) is 3.89. The molecule has 0 bridgehead atoms. The summed E-state index contributed by atoms with van der Waals surface area (Å²) in [5.74, 6) is -0.314. The smallest absolute Gasteiger partial charge is 0.407 e. The van der Waals surface area contributed by atoms with Crippen molar-refractivity contribution in [1.29, 1.82) is 0 Å². The molecule has 0 heterocycles. The molecule has 1 fully saturated rings. The topological polar surface area (TPSA) is 83.6 Å². The number of hydrogen-bond acceptors (Lipinski definition) is 2. The van der Waals surface area contributed by atoms with Crippen molar-refractivity contribution in [2.24, 2.45) is 11.7 Å². The van der Waals surface area contributed by atoms with Crippen LogP contribution in [0.1, 0.15) is 25.7 Å². The van der Waals surface area contributed by atoms with Crippen LogP contribution in [0, 0.1) is 5.92 Å². The minimum atomic E-state index is -1.24. The van der Waals surface area contributed by atoms with Gasteiger partial charge in [0.05, 0.1) is 0 Å². The molecule has 1 rings (SSSR count). The summed E-state index contributed by atoms with van der Waals surface area (Å²) in [5, 5.41) is 9.35. The van der Waals surface area contributed by atoms with Gasteiger partial charge in [-0.25, -0.2) is 4.79 Å². The Balaban J connectivity index is 2.54. The monoisotopic (exact) mass is 286 g/mol. The number of nitrogens with zero attached hydrogens (tertiary/aromatic N) is 1. The lowest BCUT2D eigenvalue weighted by molar-refractivity contribution is -0.123. The maximum atomic E-state index is 11.4. The van der Waals surface area contributed by atoms with Gasteiger partial charge in [-0.3, -0.25) is 4.79 Å². The zero-order valence-corrected chi connectivity index (χ0v) is 13.2. The predicted octanol–water partition coefficient (Wildman–Crippen LogP) is 2.35. The summed E-state index contributed by atoms with van der Waals surface area (Å²) < 4.78 is 0. The highest BCUT2D eigenvalue weighted by molar-refractivity contribution is 6.76. The number of rotatable bonds is 5. The largest absolute Gasteiger partial charge is 0.465 e. The third kappa shape index (κ3) is 5.22. The molecule has 5 nitrogen and oxygen atoms in total. The molecule has 0 atom stereocenters. The normalized spacial score (nSPS) is 23.9. The first kappa shape index (κ1) is 16.0. The van der Waals surface area contributed by atoms with E-state index in [1.54, 1.807) is 4.90 Å². The van der Waals surface area contributed by atoms with Crippen LogP contribution in [0.4, 0.5) is 4.79 Å². The van der Waals surface area contributed by atoms with Gasteiger partial charge in [-0.15, -0.1) is 0 Å². The first-order chi connectivity index (χ1) is 8.70. The van der Waals surface area contributed by atoms with Crippen molar-refractivity contribution >= 4 is 20.1 Å². The molecule has 0 aliphatic heterocycles. The Morgan fingerprint density at radius 2 is 1.74 bits per heavy atom. The molecule has 110 valence electrons. The van der Waals surface area contributed by atoms with Crippen LogP contribution >= 0.6 is 0 Å². The molecule has 0 aromatic rings. The van der Waals surface area contributed by atoms with E-state index in [-0.39, 0.29) is 17.9 Å². The Labute approximate surface area is 116 Å². The fraction of sp³-hybridized carbons (Fsp3) is 0.846. The summed E-state index contributed by atoms with van der Waals surface area (Å²) in [6.07, 6.45) is 2.12. The summed E-state index contributed by atoms with van der Waals surface area (Å²) in [4.78, 5) is 24.1.